The number of rotatable bonds is 5. The van der Waals surface area contributed by atoms with Crippen LogP contribution in [0.25, 0.3) is 33.3 Å². The summed E-state index contributed by atoms with van der Waals surface area (Å²) in [5.74, 6) is 0. The lowest BCUT2D eigenvalue weighted by Gasteiger charge is -2.15. The van der Waals surface area contributed by atoms with Gasteiger partial charge in [0.15, 0.2) is 5.65 Å². The van der Waals surface area contributed by atoms with Gasteiger partial charge in [0.2, 0.25) is 0 Å². The molecule has 0 fully saturated rings. The Morgan fingerprint density at radius 3 is 2.74 bits per heavy atom. The van der Waals surface area contributed by atoms with E-state index in [4.69, 9.17) is 16.6 Å². The molecule has 2 aromatic carbocycles. The number of benzene rings is 2. The van der Waals surface area contributed by atoms with Gasteiger partial charge in [-0.1, -0.05) is 41.0 Å². The second-order valence-electron chi connectivity index (χ2n) is 7.42. The lowest BCUT2D eigenvalue weighted by atomic mass is 10.1. The Kier molecular flexibility index (Phi) is 4.92. The molecule has 3 aromatic heterocycles. The van der Waals surface area contributed by atoms with Gasteiger partial charge in [0.25, 0.3) is 0 Å². The quantitative estimate of drug-likeness (QED) is 0.314. The Hall–Kier alpha value is -3.64. The first-order valence-corrected chi connectivity index (χ1v) is 10.3. The molecule has 0 bridgehead atoms. The number of imidazole rings is 1. The van der Waals surface area contributed by atoms with Gasteiger partial charge < -0.3 is 4.57 Å². The zero-order valence-electron chi connectivity index (χ0n) is 16.7. The molecule has 6 nitrogen and oxygen atoms in total. The molecule has 1 unspecified atom stereocenters. The van der Waals surface area contributed by atoms with Crippen LogP contribution in [0.3, 0.4) is 0 Å². The number of nitroso groups, excluding NO2 is 1. The molecule has 5 aromatic rings. The minimum absolute atomic E-state index is 0.0435. The largest absolute Gasteiger partial charge is 0.308 e. The molecule has 1 atom stereocenters. The molecule has 0 radical (unpaired) electrons. The molecule has 31 heavy (non-hydrogen) atoms. The van der Waals surface area contributed by atoms with Gasteiger partial charge in [-0.3, -0.25) is 4.98 Å². The molecular formula is C24H18ClN5O. The van der Waals surface area contributed by atoms with E-state index in [0.717, 1.165) is 38.9 Å². The summed E-state index contributed by atoms with van der Waals surface area (Å²) in [6.07, 6.45) is 3.62. The van der Waals surface area contributed by atoms with Crippen molar-refractivity contribution in [3.8, 4) is 11.3 Å². The van der Waals surface area contributed by atoms with Crippen molar-refractivity contribution in [2.45, 2.75) is 19.5 Å². The van der Waals surface area contributed by atoms with E-state index in [1.165, 1.54) is 0 Å². The molecule has 0 aliphatic rings. The van der Waals surface area contributed by atoms with Crippen LogP contribution in [-0.4, -0.2) is 19.5 Å². The van der Waals surface area contributed by atoms with E-state index < -0.39 is 0 Å². The summed E-state index contributed by atoms with van der Waals surface area (Å²) in [6.45, 7) is 2.18. The molecule has 7 heteroatoms. The summed E-state index contributed by atoms with van der Waals surface area (Å²) in [5.41, 5.74) is 6.11. The Labute approximate surface area is 183 Å². The first kappa shape index (κ1) is 19.3. The van der Waals surface area contributed by atoms with Crippen LogP contribution in [0, 0.1) is 4.91 Å². The standard InChI is InChI=1S/C24H18ClN5O/c1-15(16-6-7-21-17(11-16)3-2-10-26-21)30-14-27-23-9-8-22(29-24(23)30)18-4-5-19(13-28-31)20(25)12-18/h2-12,14-15H,13H2,1H3. The first-order valence-electron chi connectivity index (χ1n) is 9.90. The highest BCUT2D eigenvalue weighted by Crippen LogP contribution is 2.29. The lowest BCUT2D eigenvalue weighted by molar-refractivity contribution is 0.653. The first-order chi connectivity index (χ1) is 15.1. The Morgan fingerprint density at radius 2 is 1.90 bits per heavy atom. The summed E-state index contributed by atoms with van der Waals surface area (Å²) in [5, 5.41) is 4.52. The van der Waals surface area contributed by atoms with Crippen molar-refractivity contribution in [2.75, 3.05) is 0 Å². The number of pyridine rings is 2. The van der Waals surface area contributed by atoms with Crippen LogP contribution in [-0.2, 0) is 6.54 Å². The zero-order valence-corrected chi connectivity index (χ0v) is 17.5. The van der Waals surface area contributed by atoms with E-state index in [1.807, 2.05) is 48.8 Å². The van der Waals surface area contributed by atoms with Crippen LogP contribution in [0.2, 0.25) is 5.02 Å². The average Bonchev–Trinajstić information content (AvgIpc) is 3.23. The van der Waals surface area contributed by atoms with Crippen LogP contribution < -0.4 is 0 Å². The highest BCUT2D eigenvalue weighted by atomic mass is 35.5. The number of hydrogen-bond donors (Lipinski definition) is 0. The fourth-order valence-electron chi connectivity index (χ4n) is 3.77. The van der Waals surface area contributed by atoms with Crippen molar-refractivity contribution in [3.05, 3.63) is 94.2 Å². The third-order valence-corrected chi connectivity index (χ3v) is 5.88. The molecule has 0 saturated carbocycles. The number of aromatic nitrogens is 4. The minimum Gasteiger partial charge on any atom is -0.308 e. The highest BCUT2D eigenvalue weighted by molar-refractivity contribution is 6.31. The molecule has 0 aliphatic carbocycles. The smallest absolute Gasteiger partial charge is 0.161 e. The van der Waals surface area contributed by atoms with Gasteiger partial charge in [-0.2, -0.15) is 4.91 Å². The van der Waals surface area contributed by atoms with Crippen LogP contribution in [0.4, 0.5) is 0 Å². The van der Waals surface area contributed by atoms with Crippen molar-refractivity contribution >= 4 is 33.7 Å². The molecule has 0 N–H and O–H groups in total. The number of fused-ring (bicyclic) bond motifs is 2. The van der Waals surface area contributed by atoms with E-state index in [9.17, 15) is 4.91 Å². The maximum absolute atomic E-state index is 10.6. The fraction of sp³-hybridized carbons (Fsp3) is 0.125. The second-order valence-corrected chi connectivity index (χ2v) is 7.82. The van der Waals surface area contributed by atoms with Crippen molar-refractivity contribution in [1.29, 1.82) is 0 Å². The van der Waals surface area contributed by atoms with E-state index >= 15 is 0 Å². The third kappa shape index (κ3) is 3.55. The summed E-state index contributed by atoms with van der Waals surface area (Å²) in [7, 11) is 0. The van der Waals surface area contributed by atoms with E-state index in [1.54, 1.807) is 6.20 Å². The van der Waals surface area contributed by atoms with Gasteiger partial charge in [0.05, 0.1) is 23.6 Å². The van der Waals surface area contributed by atoms with Crippen LogP contribution >= 0.6 is 11.6 Å². The molecule has 0 amide bonds. The van der Waals surface area contributed by atoms with Crippen LogP contribution in [0.1, 0.15) is 24.1 Å². The SMILES string of the molecule is CC(c1ccc2ncccc2c1)n1cnc2ccc(-c3ccc(CN=O)c(Cl)c3)nc21. The predicted molar refractivity (Wildman–Crippen MR) is 123 cm³/mol. The highest BCUT2D eigenvalue weighted by Gasteiger charge is 2.15. The molecular weight excluding hydrogens is 410 g/mol. The molecule has 0 spiro atoms. The Bertz CT molecular complexity index is 1430. The third-order valence-electron chi connectivity index (χ3n) is 5.53. The second kappa shape index (κ2) is 7.89. The topological polar surface area (TPSA) is 73.0 Å². The van der Waals surface area contributed by atoms with E-state index in [2.05, 4.69) is 44.8 Å². The van der Waals surface area contributed by atoms with E-state index in [0.29, 0.717) is 10.6 Å². The van der Waals surface area contributed by atoms with Gasteiger partial charge in [-0.15, -0.1) is 0 Å². The van der Waals surface area contributed by atoms with Crippen LogP contribution in [0.5, 0.6) is 0 Å². The fourth-order valence-corrected chi connectivity index (χ4v) is 4.01. The van der Waals surface area contributed by atoms with Gasteiger partial charge in [-0.25, -0.2) is 9.97 Å². The predicted octanol–water partition coefficient (Wildman–Crippen LogP) is 6.18. The summed E-state index contributed by atoms with van der Waals surface area (Å²) in [4.78, 5) is 24.4. The van der Waals surface area contributed by atoms with Gasteiger partial charge in [0.1, 0.15) is 12.1 Å². The van der Waals surface area contributed by atoms with Gasteiger partial charge >= 0.3 is 0 Å². The minimum atomic E-state index is 0.0435. The Balaban J connectivity index is 1.55. The van der Waals surface area contributed by atoms with Crippen molar-refractivity contribution in [3.63, 3.8) is 0 Å². The van der Waals surface area contributed by atoms with E-state index in [-0.39, 0.29) is 12.6 Å². The molecule has 0 saturated heterocycles. The zero-order chi connectivity index (χ0) is 21.4. The monoisotopic (exact) mass is 427 g/mol. The maximum atomic E-state index is 10.6. The summed E-state index contributed by atoms with van der Waals surface area (Å²) in [6, 6.07) is 19.8. The maximum Gasteiger partial charge on any atom is 0.161 e. The van der Waals surface area contributed by atoms with Crippen LogP contribution in [0.15, 0.2) is 78.4 Å². The lowest BCUT2D eigenvalue weighted by Crippen LogP contribution is -2.06. The van der Waals surface area contributed by atoms with Gasteiger partial charge in [-0.05, 0) is 54.4 Å². The Morgan fingerprint density at radius 1 is 1.03 bits per heavy atom. The molecule has 0 aliphatic heterocycles. The number of halogens is 1. The van der Waals surface area contributed by atoms with Crippen molar-refractivity contribution in [1.82, 2.24) is 19.5 Å². The summed E-state index contributed by atoms with van der Waals surface area (Å²) >= 11 is 6.32. The molecule has 5 rings (SSSR count). The van der Waals surface area contributed by atoms with Gasteiger partial charge in [0, 0.05) is 22.2 Å². The number of hydrogen-bond acceptors (Lipinski definition) is 5. The number of nitrogens with zero attached hydrogens (tertiary/aromatic N) is 5. The molecule has 152 valence electrons. The normalized spacial score (nSPS) is 12.3. The molecule has 3 heterocycles. The van der Waals surface area contributed by atoms with Crippen molar-refractivity contribution in [2.24, 2.45) is 5.18 Å². The van der Waals surface area contributed by atoms with Crippen molar-refractivity contribution < 1.29 is 0 Å². The average molecular weight is 428 g/mol. The summed E-state index contributed by atoms with van der Waals surface area (Å²) < 4.78 is 2.07.